The van der Waals surface area contributed by atoms with Crippen molar-refractivity contribution < 1.29 is 36.2 Å². The normalized spacial score (nSPS) is 14.5. The Balaban J connectivity index is 5.71. The van der Waals surface area contributed by atoms with E-state index in [9.17, 15) is 36.2 Å². The van der Waals surface area contributed by atoms with Gasteiger partial charge in [0.05, 0.1) is 13.1 Å². The van der Waals surface area contributed by atoms with Crippen LogP contribution in [0.1, 0.15) is 19.3 Å². The number of carbonyl (C=O) groups is 1. The molecule has 0 aromatic rings. The predicted octanol–water partition coefficient (Wildman–Crippen LogP) is 0.330. The third-order valence-electron chi connectivity index (χ3n) is 3.26. The van der Waals surface area contributed by atoms with Gasteiger partial charge in [-0.05, 0) is 19.3 Å². The van der Waals surface area contributed by atoms with Gasteiger partial charge in [0.25, 0.3) is 0 Å². The minimum Gasteiger partial charge on any atom is -0.478 e. The number of nitrogens with zero attached hydrogens (tertiary/aromatic N) is 1. The molecule has 9 N–H and O–H groups in total. The van der Waals surface area contributed by atoms with E-state index < -0.39 is 55.4 Å². The maximum absolute atomic E-state index is 12.8. The summed E-state index contributed by atoms with van der Waals surface area (Å²) < 4.78 is 76.7. The van der Waals surface area contributed by atoms with Gasteiger partial charge >= 0.3 is 18.3 Å². The fourth-order valence-corrected chi connectivity index (χ4v) is 2.31. The Hall–Kier alpha value is -2.45. The number of unbranched alkanes of at least 4 members (excludes halogenated alkanes) is 1. The number of aliphatic carboxylic acids is 1. The zero-order chi connectivity index (χ0) is 21.5. The number of guanidine groups is 2. The van der Waals surface area contributed by atoms with Gasteiger partial charge in [-0.3, -0.25) is 15.7 Å². The van der Waals surface area contributed by atoms with E-state index in [1.54, 1.807) is 5.32 Å². The van der Waals surface area contributed by atoms with Crippen LogP contribution in [0.25, 0.3) is 0 Å². The molecule has 0 heterocycles. The molecule has 1 atom stereocenters. The van der Waals surface area contributed by atoms with Gasteiger partial charge in [-0.2, -0.15) is 26.3 Å². The highest BCUT2D eigenvalue weighted by Gasteiger charge is 2.51. The number of carboxylic acids is 1. The Morgan fingerprint density at radius 2 is 1.44 bits per heavy atom. The predicted molar refractivity (Wildman–Crippen MR) is 82.9 cm³/mol. The molecule has 0 radical (unpaired) electrons. The average molecular weight is 409 g/mol. The van der Waals surface area contributed by atoms with E-state index in [1.807, 2.05) is 0 Å². The quantitative estimate of drug-likeness (QED) is 0.0898. The number of alkyl halides is 6. The SMILES string of the molecule is N=C(N)NCCCC[C@@](NC(=N)N)(C(=O)O)N(CC(F)(F)F)CC(F)(F)F. The molecule has 0 saturated carbocycles. The summed E-state index contributed by atoms with van der Waals surface area (Å²) in [4.78, 5) is 11.3. The van der Waals surface area contributed by atoms with Crippen molar-refractivity contribution in [2.45, 2.75) is 37.3 Å². The summed E-state index contributed by atoms with van der Waals surface area (Å²) in [6.45, 7) is -4.33. The molecular weight excluding hydrogens is 388 g/mol. The first-order chi connectivity index (χ1) is 12.1. The van der Waals surface area contributed by atoms with Crippen LogP contribution in [0.3, 0.4) is 0 Å². The number of rotatable bonds is 10. The third-order valence-corrected chi connectivity index (χ3v) is 3.26. The maximum Gasteiger partial charge on any atom is 0.401 e. The van der Waals surface area contributed by atoms with E-state index in [2.05, 4.69) is 5.32 Å². The summed E-state index contributed by atoms with van der Waals surface area (Å²) in [7, 11) is 0. The zero-order valence-corrected chi connectivity index (χ0v) is 14.0. The van der Waals surface area contributed by atoms with E-state index in [1.165, 1.54) is 0 Å². The summed E-state index contributed by atoms with van der Waals surface area (Å²) in [5, 5.41) is 27.6. The van der Waals surface area contributed by atoms with E-state index in [0.717, 1.165) is 0 Å². The van der Waals surface area contributed by atoms with Crippen LogP contribution in [-0.4, -0.2) is 65.5 Å². The van der Waals surface area contributed by atoms with Crippen molar-refractivity contribution in [1.82, 2.24) is 15.5 Å². The Morgan fingerprint density at radius 1 is 0.963 bits per heavy atom. The molecule has 0 aromatic heterocycles. The lowest BCUT2D eigenvalue weighted by Crippen LogP contribution is -2.69. The van der Waals surface area contributed by atoms with Crippen LogP contribution in [0.15, 0.2) is 0 Å². The van der Waals surface area contributed by atoms with Crippen LogP contribution in [0, 0.1) is 10.8 Å². The standard InChI is InChI=1S/C12H21F6N7O2/c13-11(14,15)5-25(6-12(16,17)18)10(7(26)27,24-9(21)22)3-1-2-4-23-8(19)20/h1-6H2,(H,26,27)(H4,19,20,23)(H4,21,22,24)/t10-/m0/s1. The monoisotopic (exact) mass is 409 g/mol. The van der Waals surface area contributed by atoms with E-state index >= 15 is 0 Å². The molecule has 0 fully saturated rings. The number of hydrogen-bond donors (Lipinski definition) is 7. The Labute approximate surface area is 150 Å². The molecule has 0 aromatic carbocycles. The lowest BCUT2D eigenvalue weighted by atomic mass is 9.99. The van der Waals surface area contributed by atoms with Gasteiger partial charge in [-0.25, -0.2) is 4.79 Å². The van der Waals surface area contributed by atoms with Crippen LogP contribution >= 0.6 is 0 Å². The molecule has 0 aliphatic rings. The first kappa shape index (κ1) is 24.6. The third kappa shape index (κ3) is 9.72. The number of nitrogens with two attached hydrogens (primary N) is 2. The summed E-state index contributed by atoms with van der Waals surface area (Å²) in [5.41, 5.74) is 7.13. The first-order valence-corrected chi connectivity index (χ1v) is 7.41. The van der Waals surface area contributed by atoms with Crippen molar-refractivity contribution in [2.24, 2.45) is 11.5 Å². The molecule has 0 saturated heterocycles. The average Bonchev–Trinajstić information content (AvgIpc) is 2.40. The number of nitrogens with one attached hydrogen (secondary N) is 4. The molecule has 15 heteroatoms. The second-order valence-electron chi connectivity index (χ2n) is 5.59. The largest absolute Gasteiger partial charge is 0.478 e. The van der Waals surface area contributed by atoms with Gasteiger partial charge < -0.3 is 27.2 Å². The minimum absolute atomic E-state index is 0.0453. The zero-order valence-electron chi connectivity index (χ0n) is 14.0. The topological polar surface area (TPSA) is 164 Å². The highest BCUT2D eigenvalue weighted by molar-refractivity contribution is 5.86. The van der Waals surface area contributed by atoms with Gasteiger partial charge in [-0.15, -0.1) is 0 Å². The lowest BCUT2D eigenvalue weighted by molar-refractivity contribution is -0.206. The highest BCUT2D eigenvalue weighted by Crippen LogP contribution is 2.30. The van der Waals surface area contributed by atoms with E-state index in [-0.39, 0.29) is 24.3 Å². The smallest absolute Gasteiger partial charge is 0.401 e. The minimum atomic E-state index is -5.14. The van der Waals surface area contributed by atoms with Crippen LogP contribution < -0.4 is 22.1 Å². The Kier molecular flexibility index (Phi) is 8.62. The van der Waals surface area contributed by atoms with Gasteiger partial charge in [0, 0.05) is 6.54 Å². The number of carboxylic acid groups (broad SMARTS) is 1. The van der Waals surface area contributed by atoms with Crippen LogP contribution in [0.4, 0.5) is 26.3 Å². The van der Waals surface area contributed by atoms with Crippen molar-refractivity contribution in [3.63, 3.8) is 0 Å². The molecule has 0 aliphatic carbocycles. The van der Waals surface area contributed by atoms with Crippen molar-refractivity contribution in [1.29, 1.82) is 10.8 Å². The van der Waals surface area contributed by atoms with Crippen LogP contribution in [0.2, 0.25) is 0 Å². The number of hydrogen-bond acceptors (Lipinski definition) is 4. The van der Waals surface area contributed by atoms with Gasteiger partial charge in [0.2, 0.25) is 0 Å². The molecule has 0 aliphatic heterocycles. The van der Waals surface area contributed by atoms with Crippen LogP contribution in [-0.2, 0) is 4.79 Å². The maximum atomic E-state index is 12.8. The summed E-state index contributed by atoms with van der Waals surface area (Å²) in [6.07, 6.45) is -11.1. The molecule has 0 spiro atoms. The second kappa shape index (κ2) is 9.48. The summed E-state index contributed by atoms with van der Waals surface area (Å²) in [5.74, 6) is -3.56. The van der Waals surface area contributed by atoms with Crippen molar-refractivity contribution in [3.8, 4) is 0 Å². The first-order valence-electron chi connectivity index (χ1n) is 7.41. The molecule has 9 nitrogen and oxygen atoms in total. The Morgan fingerprint density at radius 3 is 1.78 bits per heavy atom. The van der Waals surface area contributed by atoms with Gasteiger partial charge in [0.1, 0.15) is 0 Å². The van der Waals surface area contributed by atoms with Gasteiger partial charge in [0.15, 0.2) is 17.6 Å². The molecular formula is C12H21F6N7O2. The van der Waals surface area contributed by atoms with Crippen LogP contribution in [0.5, 0.6) is 0 Å². The molecule has 0 rings (SSSR count). The van der Waals surface area contributed by atoms with E-state index in [0.29, 0.717) is 0 Å². The second-order valence-corrected chi connectivity index (χ2v) is 5.59. The fourth-order valence-electron chi connectivity index (χ4n) is 2.31. The van der Waals surface area contributed by atoms with E-state index in [4.69, 9.17) is 22.3 Å². The van der Waals surface area contributed by atoms with Gasteiger partial charge in [-0.1, -0.05) is 0 Å². The molecule has 27 heavy (non-hydrogen) atoms. The summed E-state index contributed by atoms with van der Waals surface area (Å²) >= 11 is 0. The van der Waals surface area contributed by atoms with Crippen molar-refractivity contribution in [2.75, 3.05) is 19.6 Å². The number of halogens is 6. The lowest BCUT2D eigenvalue weighted by Gasteiger charge is -2.41. The van der Waals surface area contributed by atoms with Crippen molar-refractivity contribution in [3.05, 3.63) is 0 Å². The highest BCUT2D eigenvalue weighted by atomic mass is 19.4. The molecule has 0 amide bonds. The molecule has 0 unspecified atom stereocenters. The molecule has 0 bridgehead atoms. The Bertz CT molecular complexity index is 523. The molecule has 158 valence electrons. The summed E-state index contributed by atoms with van der Waals surface area (Å²) in [6, 6.07) is 0. The van der Waals surface area contributed by atoms with Crippen molar-refractivity contribution >= 4 is 17.9 Å². The fraction of sp³-hybridized carbons (Fsp3) is 0.750.